The van der Waals surface area contributed by atoms with Crippen molar-refractivity contribution in [2.75, 3.05) is 18.4 Å². The maximum atomic E-state index is 12.9. The molecule has 152 valence electrons. The Labute approximate surface area is 174 Å². The summed E-state index contributed by atoms with van der Waals surface area (Å²) in [6.07, 6.45) is 9.39. The molecule has 0 aliphatic heterocycles. The number of anilines is 1. The van der Waals surface area contributed by atoms with Crippen LogP contribution in [0.2, 0.25) is 0 Å². The first-order valence-corrected chi connectivity index (χ1v) is 11.8. The zero-order chi connectivity index (χ0) is 20.6. The molecule has 2 aromatic rings. The van der Waals surface area contributed by atoms with E-state index in [1.54, 1.807) is 30.4 Å². The number of rotatable bonds is 8. The molecule has 3 unspecified atom stereocenters. The lowest BCUT2D eigenvalue weighted by Gasteiger charge is -2.18. The fourth-order valence-electron chi connectivity index (χ4n) is 4.11. The molecule has 8 heteroatoms. The van der Waals surface area contributed by atoms with Crippen molar-refractivity contribution in [3.63, 3.8) is 0 Å². The quantitative estimate of drug-likeness (QED) is 0.647. The highest BCUT2D eigenvalue weighted by atomic mass is 32.2. The van der Waals surface area contributed by atoms with Gasteiger partial charge in [-0.05, 0) is 42.9 Å². The molecule has 0 spiro atoms. The number of carbonyl (C=O) groups excluding carboxylic acids is 1. The average Bonchev–Trinajstić information content (AvgIpc) is 3.42. The lowest BCUT2D eigenvalue weighted by molar-refractivity contribution is -0.120. The fourth-order valence-corrected chi connectivity index (χ4v) is 6.50. The normalized spacial score (nSPS) is 23.0. The van der Waals surface area contributed by atoms with Gasteiger partial charge in [0.2, 0.25) is 15.9 Å². The molecule has 0 saturated heterocycles. The minimum Gasteiger partial charge on any atom is -0.302 e. The second kappa shape index (κ2) is 7.85. The number of fused-ring (bicyclic) bond motifs is 3. The van der Waals surface area contributed by atoms with Gasteiger partial charge in [-0.1, -0.05) is 35.6 Å². The van der Waals surface area contributed by atoms with E-state index in [-0.39, 0.29) is 29.8 Å². The van der Waals surface area contributed by atoms with Gasteiger partial charge in [0.1, 0.15) is 0 Å². The van der Waals surface area contributed by atoms with Crippen LogP contribution in [-0.4, -0.2) is 36.7 Å². The lowest BCUT2D eigenvalue weighted by Crippen LogP contribution is -2.31. The van der Waals surface area contributed by atoms with Gasteiger partial charge >= 0.3 is 0 Å². The third kappa shape index (κ3) is 3.80. The number of amides is 1. The van der Waals surface area contributed by atoms with Gasteiger partial charge in [0.05, 0.1) is 15.1 Å². The minimum absolute atomic E-state index is 0.000634. The largest absolute Gasteiger partial charge is 0.302 e. The molecule has 1 N–H and O–H groups in total. The molecule has 6 nitrogen and oxygen atoms in total. The summed E-state index contributed by atoms with van der Waals surface area (Å²) in [6, 6.07) is 4.83. The summed E-state index contributed by atoms with van der Waals surface area (Å²) in [4.78, 5) is 17.3. The van der Waals surface area contributed by atoms with E-state index in [4.69, 9.17) is 0 Å². The molecule has 1 aromatic heterocycles. The van der Waals surface area contributed by atoms with E-state index in [9.17, 15) is 13.2 Å². The summed E-state index contributed by atoms with van der Waals surface area (Å²) in [5.74, 6) is 0.844. The van der Waals surface area contributed by atoms with Gasteiger partial charge in [-0.2, -0.15) is 4.31 Å². The van der Waals surface area contributed by atoms with E-state index >= 15 is 0 Å². The third-order valence-corrected chi connectivity index (χ3v) is 8.27. The predicted molar refractivity (Wildman–Crippen MR) is 116 cm³/mol. The van der Waals surface area contributed by atoms with Crippen molar-refractivity contribution in [1.82, 2.24) is 9.29 Å². The fraction of sp³-hybridized carbons (Fsp3) is 0.333. The number of aromatic nitrogens is 1. The SMILES string of the molecule is C=CCN(CC=C)S(=O)(=O)c1ccc2nc(NC(=O)C3CC4C=CC3C4)sc2c1. The van der Waals surface area contributed by atoms with Gasteiger partial charge in [-0.25, -0.2) is 13.4 Å². The molecule has 2 aliphatic rings. The van der Waals surface area contributed by atoms with E-state index < -0.39 is 10.0 Å². The van der Waals surface area contributed by atoms with Crippen molar-refractivity contribution in [2.45, 2.75) is 17.7 Å². The highest BCUT2D eigenvalue weighted by molar-refractivity contribution is 7.89. The number of allylic oxidation sites excluding steroid dienone is 2. The van der Waals surface area contributed by atoms with Crippen LogP contribution in [0.3, 0.4) is 0 Å². The number of nitrogens with zero attached hydrogens (tertiary/aromatic N) is 2. The molecule has 3 atom stereocenters. The molecular weight excluding hydrogens is 406 g/mol. The first-order valence-electron chi connectivity index (χ1n) is 9.54. The molecule has 2 bridgehead atoms. The Morgan fingerprint density at radius 2 is 2.00 bits per heavy atom. The van der Waals surface area contributed by atoms with Gasteiger partial charge in [-0.15, -0.1) is 13.2 Å². The van der Waals surface area contributed by atoms with Crippen LogP contribution in [0, 0.1) is 17.8 Å². The highest BCUT2D eigenvalue weighted by Gasteiger charge is 2.40. The van der Waals surface area contributed by atoms with Crippen molar-refractivity contribution < 1.29 is 13.2 Å². The Bertz CT molecular complexity index is 1090. The van der Waals surface area contributed by atoms with Crippen LogP contribution in [0.15, 0.2) is 60.6 Å². The summed E-state index contributed by atoms with van der Waals surface area (Å²) >= 11 is 1.29. The molecular formula is C21H23N3O3S2. The minimum atomic E-state index is -3.67. The lowest BCUT2D eigenvalue weighted by atomic mass is 9.93. The molecule has 0 radical (unpaired) electrons. The summed E-state index contributed by atoms with van der Waals surface area (Å²) in [7, 11) is -3.67. The van der Waals surface area contributed by atoms with Crippen molar-refractivity contribution in [2.24, 2.45) is 17.8 Å². The smallest absolute Gasteiger partial charge is 0.243 e. The molecule has 1 saturated carbocycles. The molecule has 4 rings (SSSR count). The van der Waals surface area contributed by atoms with Crippen LogP contribution in [0.25, 0.3) is 10.2 Å². The van der Waals surface area contributed by atoms with E-state index in [1.807, 2.05) is 0 Å². The number of thiazole rings is 1. The number of carbonyl (C=O) groups is 1. The predicted octanol–water partition coefficient (Wildman–Crippen LogP) is 3.81. The second-order valence-corrected chi connectivity index (χ2v) is 10.4. The van der Waals surface area contributed by atoms with Gasteiger partial charge in [0.15, 0.2) is 5.13 Å². The number of nitrogens with one attached hydrogen (secondary N) is 1. The number of sulfonamides is 1. The van der Waals surface area contributed by atoms with Crippen molar-refractivity contribution in [1.29, 1.82) is 0 Å². The Hall–Kier alpha value is -2.29. The van der Waals surface area contributed by atoms with E-state index in [0.717, 1.165) is 12.8 Å². The highest BCUT2D eigenvalue weighted by Crippen LogP contribution is 2.44. The second-order valence-electron chi connectivity index (χ2n) is 7.42. The standard InChI is InChI=1S/C21H23N3O3S2/c1-3-9-24(10-4-2)29(26,27)16-7-8-18-19(13-16)28-21(22-18)23-20(25)17-12-14-5-6-15(17)11-14/h3-8,13-15,17H,1-2,9-12H2,(H,22,23,25). The first-order chi connectivity index (χ1) is 13.9. The van der Waals surface area contributed by atoms with E-state index in [0.29, 0.717) is 27.2 Å². The van der Waals surface area contributed by atoms with Crippen molar-refractivity contribution in [3.8, 4) is 0 Å². The van der Waals surface area contributed by atoms with Crippen molar-refractivity contribution in [3.05, 3.63) is 55.7 Å². The molecule has 1 fully saturated rings. The van der Waals surface area contributed by atoms with Gasteiger partial charge < -0.3 is 5.32 Å². The van der Waals surface area contributed by atoms with Crippen LogP contribution in [0.4, 0.5) is 5.13 Å². The van der Waals surface area contributed by atoms with Crippen LogP contribution >= 0.6 is 11.3 Å². The average molecular weight is 430 g/mol. The molecule has 1 heterocycles. The number of hydrogen-bond donors (Lipinski definition) is 1. The monoisotopic (exact) mass is 429 g/mol. The zero-order valence-electron chi connectivity index (χ0n) is 16.0. The maximum Gasteiger partial charge on any atom is 0.243 e. The summed E-state index contributed by atoms with van der Waals surface area (Å²) in [5, 5.41) is 3.43. The van der Waals surface area contributed by atoms with Gasteiger partial charge in [0.25, 0.3) is 0 Å². The Balaban J connectivity index is 1.56. The number of hydrogen-bond acceptors (Lipinski definition) is 5. The topological polar surface area (TPSA) is 79.4 Å². The summed E-state index contributed by atoms with van der Waals surface area (Å²) < 4.78 is 27.9. The Kier molecular flexibility index (Phi) is 5.42. The molecule has 1 aromatic carbocycles. The van der Waals surface area contributed by atoms with E-state index in [1.165, 1.54) is 15.6 Å². The molecule has 1 amide bonds. The van der Waals surface area contributed by atoms with E-state index in [2.05, 4.69) is 35.6 Å². The third-order valence-electron chi connectivity index (χ3n) is 5.51. The van der Waals surface area contributed by atoms with Gasteiger partial charge in [-0.3, -0.25) is 4.79 Å². The van der Waals surface area contributed by atoms with Crippen LogP contribution in [0.1, 0.15) is 12.8 Å². The van der Waals surface area contributed by atoms with Crippen molar-refractivity contribution >= 4 is 42.6 Å². The zero-order valence-corrected chi connectivity index (χ0v) is 17.6. The van der Waals surface area contributed by atoms with Crippen LogP contribution < -0.4 is 5.32 Å². The Morgan fingerprint density at radius 3 is 2.62 bits per heavy atom. The first kappa shape index (κ1) is 20.0. The summed E-state index contributed by atoms with van der Waals surface area (Å²) in [5.41, 5.74) is 0.663. The number of benzene rings is 1. The van der Waals surface area contributed by atoms with Crippen LogP contribution in [0.5, 0.6) is 0 Å². The maximum absolute atomic E-state index is 12.9. The summed E-state index contributed by atoms with van der Waals surface area (Å²) in [6.45, 7) is 7.65. The van der Waals surface area contributed by atoms with Gasteiger partial charge in [0, 0.05) is 19.0 Å². The molecule has 29 heavy (non-hydrogen) atoms. The Morgan fingerprint density at radius 1 is 1.24 bits per heavy atom. The van der Waals surface area contributed by atoms with Crippen LogP contribution in [-0.2, 0) is 14.8 Å². The molecule has 2 aliphatic carbocycles.